The van der Waals surface area contributed by atoms with E-state index in [2.05, 4.69) is 17.1 Å². The normalized spacial score (nSPS) is 23.3. The Labute approximate surface area is 104 Å². The highest BCUT2D eigenvalue weighted by atomic mass is 35.5. The third-order valence-corrected chi connectivity index (χ3v) is 2.97. The molecular formula is C11H24ClN3O. The molecule has 1 aliphatic rings. The van der Waals surface area contributed by atoms with Crippen LogP contribution in [0.25, 0.3) is 0 Å². The maximum Gasteiger partial charge on any atom is 0.237 e. The standard InChI is InChI=1S/C11H23N3O.ClH/c1-3-6-13-11(15)9(2)14-7-4-5-10(12)8-14;/h9-10H,3-8,12H2,1-2H3,(H,13,15);1H. The molecule has 1 amide bonds. The maximum atomic E-state index is 11.7. The van der Waals surface area contributed by atoms with Crippen molar-refractivity contribution in [3.63, 3.8) is 0 Å². The van der Waals surface area contributed by atoms with Crippen LogP contribution in [-0.4, -0.2) is 42.5 Å². The van der Waals surface area contributed by atoms with E-state index in [-0.39, 0.29) is 30.4 Å². The van der Waals surface area contributed by atoms with Gasteiger partial charge in [0.15, 0.2) is 0 Å². The summed E-state index contributed by atoms with van der Waals surface area (Å²) >= 11 is 0. The highest BCUT2D eigenvalue weighted by molar-refractivity contribution is 5.85. The van der Waals surface area contributed by atoms with E-state index < -0.39 is 0 Å². The summed E-state index contributed by atoms with van der Waals surface area (Å²) in [5.41, 5.74) is 5.89. The van der Waals surface area contributed by atoms with Gasteiger partial charge in [0.25, 0.3) is 0 Å². The molecule has 0 aromatic rings. The van der Waals surface area contributed by atoms with Gasteiger partial charge in [0, 0.05) is 19.1 Å². The first kappa shape index (κ1) is 15.7. The van der Waals surface area contributed by atoms with Crippen molar-refractivity contribution in [3.8, 4) is 0 Å². The number of nitrogens with zero attached hydrogens (tertiary/aromatic N) is 1. The highest BCUT2D eigenvalue weighted by Crippen LogP contribution is 2.11. The molecular weight excluding hydrogens is 226 g/mol. The second-order valence-corrected chi connectivity index (χ2v) is 4.36. The Balaban J connectivity index is 0.00000225. The molecule has 2 unspecified atom stereocenters. The topological polar surface area (TPSA) is 58.4 Å². The van der Waals surface area contributed by atoms with Crippen LogP contribution in [0.3, 0.4) is 0 Å². The smallest absolute Gasteiger partial charge is 0.237 e. The summed E-state index contributed by atoms with van der Waals surface area (Å²) in [5.74, 6) is 0.131. The van der Waals surface area contributed by atoms with Gasteiger partial charge >= 0.3 is 0 Å². The summed E-state index contributed by atoms with van der Waals surface area (Å²) in [5, 5.41) is 2.92. The number of nitrogens with two attached hydrogens (primary N) is 1. The summed E-state index contributed by atoms with van der Waals surface area (Å²) in [6, 6.07) is 0.197. The predicted octanol–water partition coefficient (Wildman–Crippen LogP) is 0.746. The first-order valence-corrected chi connectivity index (χ1v) is 5.92. The fraction of sp³-hybridized carbons (Fsp3) is 0.909. The Morgan fingerprint density at radius 2 is 2.31 bits per heavy atom. The number of likely N-dealkylation sites (tertiary alicyclic amines) is 1. The Morgan fingerprint density at radius 1 is 1.62 bits per heavy atom. The van der Waals surface area contributed by atoms with Crippen LogP contribution in [0.1, 0.15) is 33.1 Å². The van der Waals surface area contributed by atoms with E-state index in [9.17, 15) is 4.79 Å². The molecule has 0 radical (unpaired) electrons. The Kier molecular flexibility index (Phi) is 7.72. The van der Waals surface area contributed by atoms with E-state index in [1.54, 1.807) is 0 Å². The molecule has 1 aliphatic heterocycles. The van der Waals surface area contributed by atoms with Gasteiger partial charge in [-0.05, 0) is 32.7 Å². The molecule has 0 saturated carbocycles. The maximum absolute atomic E-state index is 11.7. The zero-order chi connectivity index (χ0) is 11.3. The van der Waals surface area contributed by atoms with Crippen LogP contribution in [0.2, 0.25) is 0 Å². The van der Waals surface area contributed by atoms with Crippen LogP contribution in [-0.2, 0) is 4.79 Å². The minimum absolute atomic E-state index is 0. The number of hydrogen-bond acceptors (Lipinski definition) is 3. The zero-order valence-electron chi connectivity index (χ0n) is 10.2. The van der Waals surface area contributed by atoms with Gasteiger partial charge in [0.2, 0.25) is 5.91 Å². The van der Waals surface area contributed by atoms with E-state index in [0.717, 1.165) is 38.9 Å². The number of halogens is 1. The molecule has 1 rings (SSSR count). The van der Waals surface area contributed by atoms with Crippen molar-refractivity contribution in [1.29, 1.82) is 0 Å². The number of piperidine rings is 1. The molecule has 5 heteroatoms. The monoisotopic (exact) mass is 249 g/mol. The first-order chi connectivity index (χ1) is 7.15. The van der Waals surface area contributed by atoms with Gasteiger partial charge in [-0.3, -0.25) is 9.69 Å². The summed E-state index contributed by atoms with van der Waals surface area (Å²) < 4.78 is 0. The van der Waals surface area contributed by atoms with Crippen LogP contribution in [0, 0.1) is 0 Å². The summed E-state index contributed by atoms with van der Waals surface area (Å²) in [6.07, 6.45) is 3.17. The number of rotatable bonds is 4. The van der Waals surface area contributed by atoms with E-state index in [4.69, 9.17) is 5.73 Å². The molecule has 96 valence electrons. The minimum Gasteiger partial charge on any atom is -0.355 e. The lowest BCUT2D eigenvalue weighted by Gasteiger charge is -2.34. The van der Waals surface area contributed by atoms with Gasteiger partial charge in [-0.25, -0.2) is 0 Å². The van der Waals surface area contributed by atoms with Gasteiger partial charge in [0.1, 0.15) is 0 Å². The first-order valence-electron chi connectivity index (χ1n) is 5.92. The van der Waals surface area contributed by atoms with Crippen molar-refractivity contribution >= 4 is 18.3 Å². The molecule has 16 heavy (non-hydrogen) atoms. The number of carbonyl (C=O) groups is 1. The lowest BCUT2D eigenvalue weighted by Crippen LogP contribution is -2.52. The van der Waals surface area contributed by atoms with Crippen molar-refractivity contribution in [1.82, 2.24) is 10.2 Å². The van der Waals surface area contributed by atoms with Crippen LogP contribution >= 0.6 is 12.4 Å². The van der Waals surface area contributed by atoms with Crippen molar-refractivity contribution in [3.05, 3.63) is 0 Å². The van der Waals surface area contributed by atoms with E-state index in [1.807, 2.05) is 6.92 Å². The summed E-state index contributed by atoms with van der Waals surface area (Å²) in [7, 11) is 0. The Bertz CT molecular complexity index is 213. The molecule has 1 saturated heterocycles. The molecule has 2 atom stereocenters. The molecule has 4 nitrogen and oxygen atoms in total. The molecule has 0 bridgehead atoms. The van der Waals surface area contributed by atoms with E-state index in [0.29, 0.717) is 0 Å². The SMILES string of the molecule is CCCNC(=O)C(C)N1CCCC(N)C1.Cl. The van der Waals surface area contributed by atoms with Crippen LogP contribution in [0.15, 0.2) is 0 Å². The summed E-state index contributed by atoms with van der Waals surface area (Å²) in [4.78, 5) is 13.9. The van der Waals surface area contributed by atoms with Crippen molar-refractivity contribution in [2.75, 3.05) is 19.6 Å². The van der Waals surface area contributed by atoms with Crippen molar-refractivity contribution in [2.45, 2.75) is 45.2 Å². The van der Waals surface area contributed by atoms with Gasteiger partial charge in [0.05, 0.1) is 6.04 Å². The fourth-order valence-electron chi connectivity index (χ4n) is 1.95. The Hall–Kier alpha value is -0.320. The number of nitrogens with one attached hydrogen (secondary N) is 1. The molecule has 0 aromatic carbocycles. The minimum atomic E-state index is -0.0390. The molecule has 3 N–H and O–H groups in total. The van der Waals surface area contributed by atoms with Crippen LogP contribution < -0.4 is 11.1 Å². The largest absolute Gasteiger partial charge is 0.355 e. The third kappa shape index (κ3) is 4.68. The molecule has 0 aliphatic carbocycles. The molecule has 0 aromatic heterocycles. The van der Waals surface area contributed by atoms with Crippen LogP contribution in [0.5, 0.6) is 0 Å². The molecule has 0 spiro atoms. The lowest BCUT2D eigenvalue weighted by molar-refractivity contribution is -0.126. The average Bonchev–Trinajstić information content (AvgIpc) is 2.24. The lowest BCUT2D eigenvalue weighted by atomic mass is 10.0. The van der Waals surface area contributed by atoms with Gasteiger partial charge in [-0.15, -0.1) is 12.4 Å². The van der Waals surface area contributed by atoms with E-state index >= 15 is 0 Å². The fourth-order valence-corrected chi connectivity index (χ4v) is 1.95. The van der Waals surface area contributed by atoms with Crippen molar-refractivity contribution in [2.24, 2.45) is 5.73 Å². The zero-order valence-corrected chi connectivity index (χ0v) is 11.1. The quantitative estimate of drug-likeness (QED) is 0.773. The van der Waals surface area contributed by atoms with Gasteiger partial charge in [-0.1, -0.05) is 6.92 Å². The predicted molar refractivity (Wildman–Crippen MR) is 68.8 cm³/mol. The second kappa shape index (κ2) is 7.87. The molecule has 1 fully saturated rings. The Morgan fingerprint density at radius 3 is 2.88 bits per heavy atom. The van der Waals surface area contributed by atoms with E-state index in [1.165, 1.54) is 0 Å². The van der Waals surface area contributed by atoms with Gasteiger partial charge in [-0.2, -0.15) is 0 Å². The third-order valence-electron chi connectivity index (χ3n) is 2.97. The average molecular weight is 250 g/mol. The number of hydrogen-bond donors (Lipinski definition) is 2. The number of carbonyl (C=O) groups excluding carboxylic acids is 1. The number of amides is 1. The second-order valence-electron chi connectivity index (χ2n) is 4.36. The van der Waals surface area contributed by atoms with Crippen LogP contribution in [0.4, 0.5) is 0 Å². The summed E-state index contributed by atoms with van der Waals surface area (Å²) in [6.45, 7) is 6.63. The van der Waals surface area contributed by atoms with Gasteiger partial charge < -0.3 is 11.1 Å². The highest BCUT2D eigenvalue weighted by Gasteiger charge is 2.25. The van der Waals surface area contributed by atoms with Crippen molar-refractivity contribution < 1.29 is 4.79 Å². The molecule has 1 heterocycles.